The Kier molecular flexibility index (Phi) is 2.58. The van der Waals surface area contributed by atoms with Crippen molar-refractivity contribution in [2.45, 2.75) is 20.3 Å². The minimum Gasteiger partial charge on any atom is -0.246 e. The number of alkyl halides is 2. The van der Waals surface area contributed by atoms with E-state index in [9.17, 15) is 8.78 Å². The van der Waals surface area contributed by atoms with Crippen molar-refractivity contribution in [1.29, 1.82) is 0 Å². The molecule has 1 aromatic carbocycles. The fourth-order valence-corrected chi connectivity index (χ4v) is 1.03. The highest BCUT2D eigenvalue weighted by molar-refractivity contribution is 5.33. The summed E-state index contributed by atoms with van der Waals surface area (Å²) in [6.07, 6.45) is 0. The lowest BCUT2D eigenvalue weighted by Crippen LogP contribution is -1.90. The molecule has 60 valence electrons. The van der Waals surface area contributed by atoms with Crippen LogP contribution in [0.3, 0.4) is 0 Å². The zero-order valence-electron chi connectivity index (χ0n) is 6.40. The van der Waals surface area contributed by atoms with Gasteiger partial charge in [0.15, 0.2) is 0 Å². The topological polar surface area (TPSA) is 0 Å². The van der Waals surface area contributed by atoms with Crippen LogP contribution in [0.1, 0.15) is 16.7 Å². The molecule has 11 heavy (non-hydrogen) atoms. The zero-order valence-corrected chi connectivity index (χ0v) is 6.40. The van der Waals surface area contributed by atoms with E-state index < -0.39 is 13.3 Å². The molecule has 2 heteroatoms. The lowest BCUT2D eigenvalue weighted by Gasteiger charge is -2.04. The molecule has 0 aliphatic carbocycles. The smallest absolute Gasteiger partial charge is 0.115 e. The molecule has 0 atom stereocenters. The monoisotopic (exact) mass is 156 g/mol. The van der Waals surface area contributed by atoms with Crippen LogP contribution in [0.4, 0.5) is 8.78 Å². The largest absolute Gasteiger partial charge is 0.246 e. The summed E-state index contributed by atoms with van der Waals surface area (Å²) in [6, 6.07) is 5.03. The maximum absolute atomic E-state index is 12.2. The molecule has 0 saturated heterocycles. The van der Waals surface area contributed by atoms with Crippen molar-refractivity contribution >= 4 is 0 Å². The Hall–Kier alpha value is -0.920. The molecule has 0 spiro atoms. The molecule has 0 aromatic heterocycles. The average Bonchev–Trinajstić information content (AvgIpc) is 2.05. The van der Waals surface area contributed by atoms with Gasteiger partial charge in [0.2, 0.25) is 0 Å². The standard InChI is InChI=1S/C9H10F2/c1-7-8(5-10)3-2-4-9(7)6-11/h2-4H,5-6H2,1H3. The Morgan fingerprint density at radius 2 is 1.55 bits per heavy atom. The van der Waals surface area contributed by atoms with Crippen molar-refractivity contribution in [3.63, 3.8) is 0 Å². The minimum absolute atomic E-state index is 0.514. The van der Waals surface area contributed by atoms with Gasteiger partial charge in [0.05, 0.1) is 0 Å². The quantitative estimate of drug-likeness (QED) is 0.617. The number of benzene rings is 1. The van der Waals surface area contributed by atoms with Crippen molar-refractivity contribution in [3.8, 4) is 0 Å². The molecule has 0 saturated carbocycles. The number of hydrogen-bond donors (Lipinski definition) is 0. The third kappa shape index (κ3) is 1.56. The molecule has 0 heterocycles. The van der Waals surface area contributed by atoms with Gasteiger partial charge in [-0.3, -0.25) is 0 Å². The van der Waals surface area contributed by atoms with E-state index in [2.05, 4.69) is 0 Å². The molecule has 0 bridgehead atoms. The zero-order chi connectivity index (χ0) is 8.27. The predicted molar refractivity (Wildman–Crippen MR) is 40.8 cm³/mol. The molecule has 1 rings (SSSR count). The van der Waals surface area contributed by atoms with Gasteiger partial charge in [0.1, 0.15) is 13.3 Å². The summed E-state index contributed by atoms with van der Waals surface area (Å²) in [5, 5.41) is 0. The predicted octanol–water partition coefficient (Wildman–Crippen LogP) is 2.93. The van der Waals surface area contributed by atoms with E-state index in [1.54, 1.807) is 25.1 Å². The van der Waals surface area contributed by atoms with Gasteiger partial charge in [-0.2, -0.15) is 0 Å². The summed E-state index contributed by atoms with van der Waals surface area (Å²) in [6.45, 7) is 0.711. The van der Waals surface area contributed by atoms with E-state index in [1.165, 1.54) is 0 Å². The summed E-state index contributed by atoms with van der Waals surface area (Å²) in [5.41, 5.74) is 1.90. The van der Waals surface area contributed by atoms with Crippen LogP contribution >= 0.6 is 0 Å². The molecule has 0 unspecified atom stereocenters. The fourth-order valence-electron chi connectivity index (χ4n) is 1.03. The maximum atomic E-state index is 12.2. The highest BCUT2D eigenvalue weighted by atomic mass is 19.1. The molecular weight excluding hydrogens is 146 g/mol. The minimum atomic E-state index is -0.514. The van der Waals surface area contributed by atoms with Gasteiger partial charge in [0, 0.05) is 0 Å². The molecule has 0 aliphatic rings. The van der Waals surface area contributed by atoms with Crippen molar-refractivity contribution in [2.24, 2.45) is 0 Å². The highest BCUT2D eigenvalue weighted by Crippen LogP contribution is 2.15. The molecule has 0 amide bonds. The highest BCUT2D eigenvalue weighted by Gasteiger charge is 2.01. The van der Waals surface area contributed by atoms with Gasteiger partial charge in [-0.1, -0.05) is 18.2 Å². The molecule has 0 N–H and O–H groups in total. The van der Waals surface area contributed by atoms with Crippen LogP contribution in [0, 0.1) is 6.92 Å². The van der Waals surface area contributed by atoms with Crippen LogP contribution in [0.5, 0.6) is 0 Å². The molecule has 0 radical (unpaired) electrons. The summed E-state index contributed by atoms with van der Waals surface area (Å²) >= 11 is 0. The first-order valence-corrected chi connectivity index (χ1v) is 3.49. The van der Waals surface area contributed by atoms with Gasteiger partial charge in [-0.25, -0.2) is 8.78 Å². The van der Waals surface area contributed by atoms with Crippen molar-refractivity contribution in [3.05, 3.63) is 34.9 Å². The van der Waals surface area contributed by atoms with E-state index >= 15 is 0 Å². The van der Waals surface area contributed by atoms with E-state index in [1.807, 2.05) is 0 Å². The van der Waals surface area contributed by atoms with Gasteiger partial charge >= 0.3 is 0 Å². The lowest BCUT2D eigenvalue weighted by atomic mass is 10.0. The van der Waals surface area contributed by atoms with E-state index in [0.717, 1.165) is 5.56 Å². The van der Waals surface area contributed by atoms with Crippen LogP contribution in [-0.2, 0) is 13.3 Å². The van der Waals surface area contributed by atoms with Gasteiger partial charge in [0.25, 0.3) is 0 Å². The number of hydrogen-bond acceptors (Lipinski definition) is 0. The van der Waals surface area contributed by atoms with Crippen LogP contribution in [-0.4, -0.2) is 0 Å². The van der Waals surface area contributed by atoms with Gasteiger partial charge in [-0.15, -0.1) is 0 Å². The first-order valence-electron chi connectivity index (χ1n) is 3.49. The normalized spacial score (nSPS) is 10.1. The first-order chi connectivity index (χ1) is 5.29. The van der Waals surface area contributed by atoms with Crippen LogP contribution in [0.2, 0.25) is 0 Å². The number of rotatable bonds is 2. The van der Waals surface area contributed by atoms with Crippen LogP contribution < -0.4 is 0 Å². The second-order valence-electron chi connectivity index (χ2n) is 2.47. The average molecular weight is 156 g/mol. The van der Waals surface area contributed by atoms with E-state index in [0.29, 0.717) is 11.1 Å². The Bertz CT molecular complexity index is 221. The van der Waals surface area contributed by atoms with E-state index in [4.69, 9.17) is 0 Å². The Morgan fingerprint density at radius 3 is 1.91 bits per heavy atom. The summed E-state index contributed by atoms with van der Waals surface area (Å²) < 4.78 is 24.4. The molecule has 1 aromatic rings. The lowest BCUT2D eigenvalue weighted by molar-refractivity contribution is 0.472. The maximum Gasteiger partial charge on any atom is 0.115 e. The van der Waals surface area contributed by atoms with Crippen molar-refractivity contribution in [1.82, 2.24) is 0 Å². The summed E-state index contributed by atoms with van der Waals surface area (Å²) in [7, 11) is 0. The van der Waals surface area contributed by atoms with Gasteiger partial charge in [-0.05, 0) is 23.6 Å². The third-order valence-corrected chi connectivity index (χ3v) is 1.85. The van der Waals surface area contributed by atoms with Crippen molar-refractivity contribution < 1.29 is 8.78 Å². The second kappa shape index (κ2) is 3.46. The first kappa shape index (κ1) is 8.18. The van der Waals surface area contributed by atoms with Crippen LogP contribution in [0.25, 0.3) is 0 Å². The van der Waals surface area contributed by atoms with E-state index in [-0.39, 0.29) is 0 Å². The molecular formula is C9H10F2. The second-order valence-corrected chi connectivity index (χ2v) is 2.47. The summed E-state index contributed by atoms with van der Waals surface area (Å²) in [5.74, 6) is 0. The van der Waals surface area contributed by atoms with Crippen molar-refractivity contribution in [2.75, 3.05) is 0 Å². The SMILES string of the molecule is Cc1c(CF)cccc1CF. The molecule has 0 nitrogen and oxygen atoms in total. The fraction of sp³-hybridized carbons (Fsp3) is 0.333. The Labute approximate surface area is 64.9 Å². The molecule has 0 aliphatic heterocycles. The molecule has 0 fully saturated rings. The number of halogens is 2. The van der Waals surface area contributed by atoms with Crippen LogP contribution in [0.15, 0.2) is 18.2 Å². The van der Waals surface area contributed by atoms with Gasteiger partial charge < -0.3 is 0 Å². The Morgan fingerprint density at radius 1 is 1.09 bits per heavy atom. The summed E-state index contributed by atoms with van der Waals surface area (Å²) in [4.78, 5) is 0. The third-order valence-electron chi connectivity index (χ3n) is 1.85. The Balaban J connectivity index is 3.10.